The van der Waals surface area contributed by atoms with Crippen LogP contribution in [0.5, 0.6) is 0 Å². The van der Waals surface area contributed by atoms with Gasteiger partial charge in [0.15, 0.2) is 12.6 Å². The Bertz CT molecular complexity index is 461. The average molecular weight is 394 g/mol. The van der Waals surface area contributed by atoms with Gasteiger partial charge in [-0.15, -0.1) is 0 Å². The molecule has 0 aromatic heterocycles. The molecule has 0 aromatic carbocycles. The molecular formula is C17H30O10. The molecule has 0 radical (unpaired) electrons. The molecule has 2 aliphatic rings. The zero-order chi connectivity index (χ0) is 20.0. The normalized spacial score (nSPS) is 43.3. The maximum atomic E-state index is 10.4. The molecule has 0 aliphatic carbocycles. The lowest BCUT2D eigenvalue weighted by molar-refractivity contribution is -0.356. The van der Waals surface area contributed by atoms with Crippen LogP contribution in [0.4, 0.5) is 0 Å². The molecule has 0 spiro atoms. The first-order valence-electron chi connectivity index (χ1n) is 9.11. The molecule has 158 valence electrons. The quantitative estimate of drug-likeness (QED) is 0.194. The van der Waals surface area contributed by atoms with Crippen molar-refractivity contribution >= 4 is 0 Å². The van der Waals surface area contributed by atoms with Crippen molar-refractivity contribution in [2.24, 2.45) is 0 Å². The van der Waals surface area contributed by atoms with Crippen molar-refractivity contribution in [3.63, 3.8) is 0 Å². The number of aliphatic hydroxyl groups excluding tert-OH is 6. The van der Waals surface area contributed by atoms with Crippen LogP contribution in [0.25, 0.3) is 0 Å². The second-order valence-electron chi connectivity index (χ2n) is 6.60. The summed E-state index contributed by atoms with van der Waals surface area (Å²) in [5.74, 6) is 0. The number of ether oxygens (including phenoxy) is 4. The lowest BCUT2D eigenvalue weighted by Gasteiger charge is -2.44. The minimum absolute atomic E-state index is 0.234. The van der Waals surface area contributed by atoms with Gasteiger partial charge in [0.1, 0.15) is 42.7 Å². The maximum Gasteiger partial charge on any atom is 0.187 e. The van der Waals surface area contributed by atoms with E-state index in [1.807, 2.05) is 19.1 Å². The standard InChI is InChI=1S/C17H30O10/c1-2-3-4-5-6-24-17-15(13(22)12(21)10(7-18)26-17)27-16-14(23)11(20)9(19)8-25-16/h3-4,9-23H,2,5-8H2,1H3/t9-,10-,11+,12-,13+,14-,15-,16+,17-/m1/s1. The topological polar surface area (TPSA) is 158 Å². The van der Waals surface area contributed by atoms with Gasteiger partial charge in [0.25, 0.3) is 0 Å². The summed E-state index contributed by atoms with van der Waals surface area (Å²) in [6.07, 6.45) is -6.75. The van der Waals surface area contributed by atoms with E-state index in [9.17, 15) is 30.6 Å². The zero-order valence-electron chi connectivity index (χ0n) is 15.2. The van der Waals surface area contributed by atoms with E-state index in [4.69, 9.17) is 18.9 Å². The molecule has 2 heterocycles. The molecule has 6 N–H and O–H groups in total. The van der Waals surface area contributed by atoms with Gasteiger partial charge in [0.2, 0.25) is 0 Å². The Hall–Kier alpha value is -0.660. The number of rotatable bonds is 8. The van der Waals surface area contributed by atoms with Gasteiger partial charge >= 0.3 is 0 Å². The van der Waals surface area contributed by atoms with E-state index in [1.165, 1.54) is 0 Å². The van der Waals surface area contributed by atoms with E-state index in [2.05, 4.69) is 0 Å². The van der Waals surface area contributed by atoms with Crippen molar-refractivity contribution in [1.82, 2.24) is 0 Å². The number of hydrogen-bond acceptors (Lipinski definition) is 10. The molecule has 0 amide bonds. The number of allylic oxidation sites excluding steroid dienone is 1. The minimum atomic E-state index is -1.57. The fraction of sp³-hybridized carbons (Fsp3) is 0.882. The highest BCUT2D eigenvalue weighted by Crippen LogP contribution is 2.28. The summed E-state index contributed by atoms with van der Waals surface area (Å²) in [6.45, 7) is 1.42. The van der Waals surface area contributed by atoms with Gasteiger partial charge in [0, 0.05) is 0 Å². The zero-order valence-corrected chi connectivity index (χ0v) is 15.2. The smallest absolute Gasteiger partial charge is 0.187 e. The molecule has 2 fully saturated rings. The van der Waals surface area contributed by atoms with Crippen LogP contribution >= 0.6 is 0 Å². The highest BCUT2D eigenvalue weighted by atomic mass is 16.7. The van der Waals surface area contributed by atoms with Crippen molar-refractivity contribution in [2.45, 2.75) is 75.1 Å². The van der Waals surface area contributed by atoms with Crippen molar-refractivity contribution in [3.8, 4) is 0 Å². The van der Waals surface area contributed by atoms with Crippen molar-refractivity contribution < 1.29 is 49.6 Å². The fourth-order valence-corrected chi connectivity index (χ4v) is 2.93. The van der Waals surface area contributed by atoms with E-state index in [0.717, 1.165) is 6.42 Å². The van der Waals surface area contributed by atoms with Crippen molar-refractivity contribution in [1.29, 1.82) is 0 Å². The molecule has 10 heteroatoms. The molecule has 10 nitrogen and oxygen atoms in total. The molecule has 0 saturated carbocycles. The summed E-state index contributed by atoms with van der Waals surface area (Å²) in [6, 6.07) is 0. The van der Waals surface area contributed by atoms with E-state index in [1.54, 1.807) is 0 Å². The van der Waals surface area contributed by atoms with Gasteiger partial charge in [-0.3, -0.25) is 0 Å². The Balaban J connectivity index is 2.04. The Morgan fingerprint density at radius 2 is 1.70 bits per heavy atom. The third-order valence-corrected chi connectivity index (χ3v) is 4.54. The summed E-state index contributed by atoms with van der Waals surface area (Å²) in [7, 11) is 0. The Morgan fingerprint density at radius 1 is 0.963 bits per heavy atom. The lowest BCUT2D eigenvalue weighted by atomic mass is 9.98. The predicted octanol–water partition coefficient (Wildman–Crippen LogP) is -2.38. The van der Waals surface area contributed by atoms with Crippen LogP contribution in [-0.2, 0) is 18.9 Å². The molecule has 2 rings (SSSR count). The first-order valence-corrected chi connectivity index (χ1v) is 9.11. The Kier molecular flexibility index (Phi) is 9.02. The number of aliphatic hydroxyl groups is 6. The van der Waals surface area contributed by atoms with Crippen LogP contribution in [0.3, 0.4) is 0 Å². The highest BCUT2D eigenvalue weighted by molar-refractivity contribution is 4.92. The predicted molar refractivity (Wildman–Crippen MR) is 90.4 cm³/mol. The number of hydrogen-bond donors (Lipinski definition) is 6. The van der Waals surface area contributed by atoms with E-state index < -0.39 is 61.9 Å². The summed E-state index contributed by atoms with van der Waals surface area (Å²) < 4.78 is 21.8. The Labute approximate surface area is 157 Å². The van der Waals surface area contributed by atoms with Gasteiger partial charge in [-0.05, 0) is 12.8 Å². The van der Waals surface area contributed by atoms with Crippen molar-refractivity contribution in [3.05, 3.63) is 12.2 Å². The maximum absolute atomic E-state index is 10.4. The molecule has 2 aliphatic heterocycles. The Morgan fingerprint density at radius 3 is 2.37 bits per heavy atom. The van der Waals surface area contributed by atoms with Gasteiger partial charge in [0.05, 0.1) is 19.8 Å². The lowest BCUT2D eigenvalue weighted by Crippen LogP contribution is -2.63. The van der Waals surface area contributed by atoms with Crippen LogP contribution in [0.15, 0.2) is 12.2 Å². The third kappa shape index (κ3) is 5.67. The van der Waals surface area contributed by atoms with Gasteiger partial charge in [-0.1, -0.05) is 19.1 Å². The molecule has 9 atom stereocenters. The average Bonchev–Trinajstić information content (AvgIpc) is 2.66. The summed E-state index contributed by atoms with van der Waals surface area (Å²) in [4.78, 5) is 0. The van der Waals surface area contributed by atoms with Gasteiger partial charge in [-0.25, -0.2) is 0 Å². The SMILES string of the molecule is CCC=CCCO[C@@H]1O[C@H](CO)[C@@H](O)[C@H](O)[C@H]1O[C@@H]1OC[C@@H](O)[C@H](O)[C@H]1O. The van der Waals surface area contributed by atoms with E-state index in [0.29, 0.717) is 6.42 Å². The second kappa shape index (κ2) is 10.8. The summed E-state index contributed by atoms with van der Waals surface area (Å²) >= 11 is 0. The fourth-order valence-electron chi connectivity index (χ4n) is 2.93. The minimum Gasteiger partial charge on any atom is -0.394 e. The molecule has 0 unspecified atom stereocenters. The molecular weight excluding hydrogens is 364 g/mol. The molecule has 0 bridgehead atoms. The molecule has 2 saturated heterocycles. The van der Waals surface area contributed by atoms with Crippen LogP contribution in [0.1, 0.15) is 19.8 Å². The first kappa shape index (κ1) is 22.6. The van der Waals surface area contributed by atoms with Crippen LogP contribution in [0, 0.1) is 0 Å². The monoisotopic (exact) mass is 394 g/mol. The summed E-state index contributed by atoms with van der Waals surface area (Å²) in [5, 5.41) is 59.1. The molecule has 27 heavy (non-hydrogen) atoms. The summed E-state index contributed by atoms with van der Waals surface area (Å²) in [5.41, 5.74) is 0. The van der Waals surface area contributed by atoms with Crippen LogP contribution in [-0.4, -0.2) is 106 Å². The highest BCUT2D eigenvalue weighted by Gasteiger charge is 2.49. The van der Waals surface area contributed by atoms with E-state index in [-0.39, 0.29) is 13.2 Å². The molecule has 0 aromatic rings. The van der Waals surface area contributed by atoms with Gasteiger partial charge < -0.3 is 49.6 Å². The van der Waals surface area contributed by atoms with E-state index >= 15 is 0 Å². The third-order valence-electron chi connectivity index (χ3n) is 4.54. The largest absolute Gasteiger partial charge is 0.394 e. The van der Waals surface area contributed by atoms with Crippen LogP contribution < -0.4 is 0 Å². The van der Waals surface area contributed by atoms with Gasteiger partial charge in [-0.2, -0.15) is 0 Å². The first-order chi connectivity index (χ1) is 12.9. The van der Waals surface area contributed by atoms with Crippen molar-refractivity contribution in [2.75, 3.05) is 19.8 Å². The van der Waals surface area contributed by atoms with Crippen LogP contribution in [0.2, 0.25) is 0 Å². The second-order valence-corrected chi connectivity index (χ2v) is 6.60.